The molecule has 1 aliphatic rings. The number of benzene rings is 1. The number of hydrogen-bond acceptors (Lipinski definition) is 5. The Hall–Kier alpha value is -1.80. The van der Waals surface area contributed by atoms with E-state index >= 15 is 0 Å². The van der Waals surface area contributed by atoms with E-state index in [1.54, 1.807) is 19.1 Å². The summed E-state index contributed by atoms with van der Waals surface area (Å²) in [6.07, 6.45) is 0.904. The van der Waals surface area contributed by atoms with Gasteiger partial charge in [0.25, 0.3) is 0 Å². The van der Waals surface area contributed by atoms with Gasteiger partial charge in [0, 0.05) is 19.1 Å². The fourth-order valence-corrected chi connectivity index (χ4v) is 4.04. The van der Waals surface area contributed by atoms with Gasteiger partial charge in [-0.1, -0.05) is 0 Å². The van der Waals surface area contributed by atoms with E-state index in [4.69, 9.17) is 9.47 Å². The number of methoxy groups -OCH3 is 1. The van der Waals surface area contributed by atoms with Crippen LogP contribution in [0.25, 0.3) is 0 Å². The topological polar surface area (TPSA) is 84.9 Å². The van der Waals surface area contributed by atoms with Crippen LogP contribution < -0.4 is 10.1 Å². The van der Waals surface area contributed by atoms with Gasteiger partial charge in [-0.15, -0.1) is 0 Å². The van der Waals surface area contributed by atoms with Crippen molar-refractivity contribution in [2.24, 2.45) is 0 Å². The predicted octanol–water partition coefficient (Wildman–Crippen LogP) is 1.59. The maximum Gasteiger partial charge on any atom is 0.407 e. The summed E-state index contributed by atoms with van der Waals surface area (Å²) in [4.78, 5) is 11.7. The van der Waals surface area contributed by atoms with Crippen molar-refractivity contribution in [2.75, 3.05) is 26.8 Å². The fraction of sp³-hybridized carbons (Fsp3) is 0.533. The predicted molar refractivity (Wildman–Crippen MR) is 84.9 cm³/mol. The minimum atomic E-state index is -3.58. The number of nitrogens with zero attached hydrogens (tertiary/aromatic N) is 1. The van der Waals surface area contributed by atoms with Crippen LogP contribution in [0, 0.1) is 0 Å². The number of carbonyl (C=O) groups is 1. The van der Waals surface area contributed by atoms with Gasteiger partial charge in [-0.25, -0.2) is 13.2 Å². The highest BCUT2D eigenvalue weighted by Crippen LogP contribution is 2.22. The molecule has 1 heterocycles. The molecule has 7 nitrogen and oxygen atoms in total. The quantitative estimate of drug-likeness (QED) is 0.878. The maximum absolute atomic E-state index is 12.7. The van der Waals surface area contributed by atoms with Crippen LogP contribution in [0.15, 0.2) is 29.2 Å². The van der Waals surface area contributed by atoms with Gasteiger partial charge in [0.2, 0.25) is 10.0 Å². The molecule has 128 valence electrons. The lowest BCUT2D eigenvalue weighted by Gasteiger charge is -2.32. The zero-order valence-electron chi connectivity index (χ0n) is 13.3. The van der Waals surface area contributed by atoms with Crippen LogP contribution in [0.3, 0.4) is 0 Å². The van der Waals surface area contributed by atoms with Crippen molar-refractivity contribution >= 4 is 16.1 Å². The molecule has 0 unspecified atom stereocenters. The van der Waals surface area contributed by atoms with Crippen LogP contribution in [-0.4, -0.2) is 51.7 Å². The van der Waals surface area contributed by atoms with E-state index in [1.807, 2.05) is 0 Å². The fourth-order valence-electron chi connectivity index (χ4n) is 2.51. The molecule has 1 aromatic carbocycles. The second-order valence-corrected chi connectivity index (χ2v) is 7.18. The van der Waals surface area contributed by atoms with Crippen LogP contribution in [0.4, 0.5) is 4.79 Å². The van der Waals surface area contributed by atoms with Gasteiger partial charge >= 0.3 is 6.09 Å². The van der Waals surface area contributed by atoms with E-state index in [9.17, 15) is 13.2 Å². The zero-order chi connectivity index (χ0) is 16.9. The molecule has 0 aliphatic carbocycles. The summed E-state index contributed by atoms with van der Waals surface area (Å²) in [5.74, 6) is 0.601. The van der Waals surface area contributed by atoms with Crippen LogP contribution in [0.1, 0.15) is 19.8 Å². The molecular formula is C15H22N2O5S. The lowest BCUT2D eigenvalue weighted by atomic mass is 10.1. The van der Waals surface area contributed by atoms with Crippen LogP contribution in [0.5, 0.6) is 5.75 Å². The third-order valence-electron chi connectivity index (χ3n) is 3.68. The standard InChI is InChI=1S/C15H22N2O5S/c1-3-22-15(18)16-12-5-4-10-17(11-12)23(19,20)14-8-6-13(21-2)7-9-14/h6-9,12H,3-5,10-11H2,1-2H3,(H,16,18)/t12-/m1/s1. The summed E-state index contributed by atoms with van der Waals surface area (Å²) in [5, 5.41) is 2.70. The molecule has 23 heavy (non-hydrogen) atoms. The van der Waals surface area contributed by atoms with E-state index < -0.39 is 16.1 Å². The summed E-state index contributed by atoms with van der Waals surface area (Å²) >= 11 is 0. The van der Waals surface area contributed by atoms with Crippen molar-refractivity contribution in [1.29, 1.82) is 0 Å². The monoisotopic (exact) mass is 342 g/mol. The Morgan fingerprint density at radius 1 is 1.35 bits per heavy atom. The summed E-state index contributed by atoms with van der Waals surface area (Å²) in [6.45, 7) is 2.69. The average molecular weight is 342 g/mol. The molecule has 1 fully saturated rings. The first kappa shape index (κ1) is 17.6. The number of alkyl carbamates (subject to hydrolysis) is 1. The Morgan fingerprint density at radius 3 is 2.65 bits per heavy atom. The molecule has 0 radical (unpaired) electrons. The minimum Gasteiger partial charge on any atom is -0.497 e. The van der Waals surface area contributed by atoms with Crippen molar-refractivity contribution in [2.45, 2.75) is 30.7 Å². The van der Waals surface area contributed by atoms with Crippen molar-refractivity contribution in [1.82, 2.24) is 9.62 Å². The molecule has 0 saturated carbocycles. The molecule has 2 rings (SSSR count). The largest absolute Gasteiger partial charge is 0.497 e. The highest BCUT2D eigenvalue weighted by atomic mass is 32.2. The van der Waals surface area contributed by atoms with Crippen LogP contribution in [-0.2, 0) is 14.8 Å². The highest BCUT2D eigenvalue weighted by molar-refractivity contribution is 7.89. The molecular weight excluding hydrogens is 320 g/mol. The number of sulfonamides is 1. The first-order valence-electron chi connectivity index (χ1n) is 7.55. The van der Waals surface area contributed by atoms with Crippen LogP contribution >= 0.6 is 0 Å². The van der Waals surface area contributed by atoms with Crippen molar-refractivity contribution in [3.05, 3.63) is 24.3 Å². The van der Waals surface area contributed by atoms with Gasteiger partial charge in [-0.05, 0) is 44.0 Å². The molecule has 1 atom stereocenters. The van der Waals surface area contributed by atoms with Crippen molar-refractivity contribution < 1.29 is 22.7 Å². The Labute approximate surface area is 136 Å². The van der Waals surface area contributed by atoms with Gasteiger partial charge in [0.15, 0.2) is 0 Å². The maximum atomic E-state index is 12.7. The Bertz CT molecular complexity index is 630. The summed E-state index contributed by atoms with van der Waals surface area (Å²) < 4.78 is 36.7. The molecule has 8 heteroatoms. The minimum absolute atomic E-state index is 0.218. The number of rotatable bonds is 5. The lowest BCUT2D eigenvalue weighted by molar-refractivity contribution is 0.142. The van der Waals surface area contributed by atoms with Crippen LogP contribution in [0.2, 0.25) is 0 Å². The van der Waals surface area contributed by atoms with E-state index in [0.29, 0.717) is 18.7 Å². The van der Waals surface area contributed by atoms with Gasteiger partial charge in [0.05, 0.1) is 18.6 Å². The Balaban J connectivity index is 2.07. The Kier molecular flexibility index (Phi) is 5.84. The van der Waals surface area contributed by atoms with Gasteiger partial charge in [0.1, 0.15) is 5.75 Å². The third-order valence-corrected chi connectivity index (χ3v) is 5.56. The van der Waals surface area contributed by atoms with E-state index in [1.165, 1.54) is 23.5 Å². The Morgan fingerprint density at radius 2 is 2.04 bits per heavy atom. The number of hydrogen-bond donors (Lipinski definition) is 1. The number of carbonyl (C=O) groups excluding carboxylic acids is 1. The first-order valence-corrected chi connectivity index (χ1v) is 8.99. The zero-order valence-corrected chi connectivity index (χ0v) is 14.1. The molecule has 0 spiro atoms. The molecule has 0 aromatic heterocycles. The molecule has 1 saturated heterocycles. The molecule has 0 bridgehead atoms. The van der Waals surface area contributed by atoms with E-state index in [0.717, 1.165) is 6.42 Å². The smallest absolute Gasteiger partial charge is 0.407 e. The number of nitrogens with one attached hydrogen (secondary N) is 1. The van der Waals surface area contributed by atoms with Crippen molar-refractivity contribution in [3.8, 4) is 5.75 Å². The molecule has 1 aromatic rings. The second-order valence-electron chi connectivity index (χ2n) is 5.24. The molecule has 1 amide bonds. The summed E-state index contributed by atoms with van der Waals surface area (Å²) in [6, 6.07) is 6.04. The lowest BCUT2D eigenvalue weighted by Crippen LogP contribution is -2.49. The molecule has 1 N–H and O–H groups in total. The van der Waals surface area contributed by atoms with E-state index in [-0.39, 0.29) is 24.1 Å². The second kappa shape index (κ2) is 7.65. The summed E-state index contributed by atoms with van der Waals surface area (Å²) in [5.41, 5.74) is 0. The first-order chi connectivity index (χ1) is 11.0. The van der Waals surface area contributed by atoms with E-state index in [2.05, 4.69) is 5.32 Å². The highest BCUT2D eigenvalue weighted by Gasteiger charge is 2.31. The van der Waals surface area contributed by atoms with Gasteiger partial charge in [-0.3, -0.25) is 0 Å². The SMILES string of the molecule is CCOC(=O)N[C@@H]1CCCN(S(=O)(=O)c2ccc(OC)cc2)C1. The normalized spacial score (nSPS) is 19.1. The summed E-state index contributed by atoms with van der Waals surface area (Å²) in [7, 11) is -2.05. The number of piperidine rings is 1. The number of ether oxygens (including phenoxy) is 2. The average Bonchev–Trinajstić information content (AvgIpc) is 2.55. The molecule has 1 aliphatic heterocycles. The number of amides is 1. The van der Waals surface area contributed by atoms with Crippen molar-refractivity contribution in [3.63, 3.8) is 0 Å². The van der Waals surface area contributed by atoms with Gasteiger partial charge < -0.3 is 14.8 Å². The third kappa shape index (κ3) is 4.35. The van der Waals surface area contributed by atoms with Gasteiger partial charge in [-0.2, -0.15) is 4.31 Å².